The van der Waals surface area contributed by atoms with Crippen LogP contribution in [0, 0.1) is 0 Å². The fraction of sp³-hybridized carbons (Fsp3) is 0.877. The smallest absolute Gasteiger partial charge is 0.306 e. The molecule has 0 aliphatic carbocycles. The molecule has 0 aromatic rings. The molecule has 0 N–H and O–H groups in total. The maximum atomic E-state index is 12.8. The summed E-state index contributed by atoms with van der Waals surface area (Å²) in [7, 11) is 0. The molecule has 6 nitrogen and oxygen atoms in total. The summed E-state index contributed by atoms with van der Waals surface area (Å²) in [4.78, 5) is 38.1. The van der Waals surface area contributed by atoms with Gasteiger partial charge in [-0.25, -0.2) is 0 Å². The molecule has 0 bridgehead atoms. The monoisotopic (exact) mass is 887 g/mol. The Hall–Kier alpha value is -2.11. The summed E-state index contributed by atoms with van der Waals surface area (Å²) in [5, 5.41) is 0. The van der Waals surface area contributed by atoms with Gasteiger partial charge in [0, 0.05) is 19.3 Å². The Morgan fingerprint density at radius 2 is 0.524 bits per heavy atom. The molecule has 0 aromatic carbocycles. The van der Waals surface area contributed by atoms with Crippen molar-refractivity contribution < 1.29 is 28.6 Å². The zero-order valence-corrected chi connectivity index (χ0v) is 42.4. The number of rotatable bonds is 51. The van der Waals surface area contributed by atoms with Crippen LogP contribution in [0.1, 0.15) is 303 Å². The molecule has 0 aliphatic heterocycles. The topological polar surface area (TPSA) is 78.9 Å². The van der Waals surface area contributed by atoms with Crippen LogP contribution in [-0.4, -0.2) is 37.2 Å². The molecular weight excluding hydrogens is 781 g/mol. The largest absolute Gasteiger partial charge is 0.462 e. The van der Waals surface area contributed by atoms with E-state index in [9.17, 15) is 14.4 Å². The fourth-order valence-electron chi connectivity index (χ4n) is 8.20. The standard InChI is InChI=1S/C57H106O6/c1-4-7-10-13-16-19-22-25-27-28-30-33-35-38-41-44-47-50-56(59)62-53-54(63-57(60)51-48-45-42-39-36-31-24-21-18-15-12-9-6-3)52-61-55(58)49-46-43-40-37-34-32-29-26-23-20-17-14-11-8-5-2/h20,23,25,27,54H,4-19,21-22,24,26,28-53H2,1-3H3/b23-20-,27-25-/t54-/m0/s1. The highest BCUT2D eigenvalue weighted by Crippen LogP contribution is 2.16. The summed E-state index contributed by atoms with van der Waals surface area (Å²) in [6.07, 6.45) is 60.1. The van der Waals surface area contributed by atoms with Crippen molar-refractivity contribution in [1.82, 2.24) is 0 Å². The molecule has 0 saturated carbocycles. The van der Waals surface area contributed by atoms with E-state index in [1.165, 1.54) is 205 Å². The third-order valence-corrected chi connectivity index (χ3v) is 12.4. The number of esters is 3. The average molecular weight is 887 g/mol. The van der Waals surface area contributed by atoms with Crippen LogP contribution in [0.5, 0.6) is 0 Å². The second-order valence-electron chi connectivity index (χ2n) is 18.8. The lowest BCUT2D eigenvalue weighted by Gasteiger charge is -2.18. The SMILES string of the molecule is CCCCCC/C=C\CCCCCCCCCC(=O)OC[C@@H](COC(=O)CCCCCCCCC/C=C\CCCCCCCC)OC(=O)CCCCCCCCCCCCCCC. The van der Waals surface area contributed by atoms with Gasteiger partial charge >= 0.3 is 17.9 Å². The number of hydrogen-bond acceptors (Lipinski definition) is 6. The van der Waals surface area contributed by atoms with Gasteiger partial charge in [0.2, 0.25) is 0 Å². The molecule has 0 fully saturated rings. The van der Waals surface area contributed by atoms with Crippen molar-refractivity contribution in [3.8, 4) is 0 Å². The Bertz CT molecular complexity index is 1020. The molecule has 0 rings (SSSR count). The Labute approximate surface area is 392 Å². The predicted octanol–water partition coefficient (Wildman–Crippen LogP) is 18.3. The van der Waals surface area contributed by atoms with Gasteiger partial charge in [-0.3, -0.25) is 14.4 Å². The zero-order valence-electron chi connectivity index (χ0n) is 42.4. The number of allylic oxidation sites excluding steroid dienone is 4. The molecule has 0 radical (unpaired) electrons. The first-order valence-corrected chi connectivity index (χ1v) is 27.8. The van der Waals surface area contributed by atoms with Gasteiger partial charge in [-0.2, -0.15) is 0 Å². The first kappa shape index (κ1) is 60.9. The van der Waals surface area contributed by atoms with Crippen molar-refractivity contribution >= 4 is 17.9 Å². The van der Waals surface area contributed by atoms with Gasteiger partial charge in [0.25, 0.3) is 0 Å². The summed E-state index contributed by atoms with van der Waals surface area (Å²) < 4.78 is 16.8. The highest BCUT2D eigenvalue weighted by Gasteiger charge is 2.19. The molecule has 63 heavy (non-hydrogen) atoms. The van der Waals surface area contributed by atoms with Crippen molar-refractivity contribution in [2.75, 3.05) is 13.2 Å². The number of hydrogen-bond donors (Lipinski definition) is 0. The third kappa shape index (κ3) is 50.7. The number of unbranched alkanes of at least 4 members (excludes halogenated alkanes) is 36. The summed E-state index contributed by atoms with van der Waals surface area (Å²) in [5.41, 5.74) is 0. The molecule has 0 aromatic heterocycles. The molecule has 6 heteroatoms. The van der Waals surface area contributed by atoms with Crippen LogP contribution in [0.25, 0.3) is 0 Å². The van der Waals surface area contributed by atoms with E-state index in [0.29, 0.717) is 19.3 Å². The lowest BCUT2D eigenvalue weighted by atomic mass is 10.0. The van der Waals surface area contributed by atoms with E-state index in [1.807, 2.05) is 0 Å². The molecule has 0 aliphatic rings. The van der Waals surface area contributed by atoms with E-state index in [2.05, 4.69) is 45.1 Å². The normalized spacial score (nSPS) is 12.1. The van der Waals surface area contributed by atoms with Gasteiger partial charge in [0.1, 0.15) is 13.2 Å². The number of ether oxygens (including phenoxy) is 3. The summed E-state index contributed by atoms with van der Waals surface area (Å²) in [6, 6.07) is 0. The van der Waals surface area contributed by atoms with Crippen LogP contribution >= 0.6 is 0 Å². The van der Waals surface area contributed by atoms with Crippen LogP contribution < -0.4 is 0 Å². The predicted molar refractivity (Wildman–Crippen MR) is 270 cm³/mol. The Morgan fingerprint density at radius 1 is 0.302 bits per heavy atom. The first-order chi connectivity index (χ1) is 31.0. The van der Waals surface area contributed by atoms with E-state index in [0.717, 1.165) is 57.8 Å². The molecular formula is C57H106O6. The summed E-state index contributed by atoms with van der Waals surface area (Å²) in [5.74, 6) is -0.862. The minimum atomic E-state index is -0.770. The van der Waals surface area contributed by atoms with Crippen molar-refractivity contribution in [3.63, 3.8) is 0 Å². The molecule has 0 amide bonds. The number of carbonyl (C=O) groups excluding carboxylic acids is 3. The van der Waals surface area contributed by atoms with E-state index >= 15 is 0 Å². The first-order valence-electron chi connectivity index (χ1n) is 27.8. The molecule has 0 heterocycles. The van der Waals surface area contributed by atoms with Crippen molar-refractivity contribution in [3.05, 3.63) is 24.3 Å². The second kappa shape index (κ2) is 52.5. The van der Waals surface area contributed by atoms with Crippen molar-refractivity contribution in [2.45, 2.75) is 309 Å². The van der Waals surface area contributed by atoms with Crippen LogP contribution in [0.2, 0.25) is 0 Å². The molecule has 1 atom stereocenters. The maximum Gasteiger partial charge on any atom is 0.306 e. The highest BCUT2D eigenvalue weighted by molar-refractivity contribution is 5.71. The molecule has 0 saturated heterocycles. The summed E-state index contributed by atoms with van der Waals surface area (Å²) in [6.45, 7) is 6.65. The zero-order chi connectivity index (χ0) is 45.8. The van der Waals surface area contributed by atoms with Crippen LogP contribution in [-0.2, 0) is 28.6 Å². The lowest BCUT2D eigenvalue weighted by molar-refractivity contribution is -0.167. The van der Waals surface area contributed by atoms with Gasteiger partial charge in [-0.15, -0.1) is 0 Å². The minimum absolute atomic E-state index is 0.0708. The Morgan fingerprint density at radius 3 is 0.810 bits per heavy atom. The van der Waals surface area contributed by atoms with Crippen LogP contribution in [0.4, 0.5) is 0 Å². The lowest BCUT2D eigenvalue weighted by Crippen LogP contribution is -2.30. The van der Waals surface area contributed by atoms with Crippen LogP contribution in [0.3, 0.4) is 0 Å². The maximum absolute atomic E-state index is 12.8. The fourth-order valence-corrected chi connectivity index (χ4v) is 8.20. The van der Waals surface area contributed by atoms with E-state index in [4.69, 9.17) is 14.2 Å². The van der Waals surface area contributed by atoms with Crippen molar-refractivity contribution in [2.24, 2.45) is 0 Å². The Kier molecular flexibility index (Phi) is 50.8. The van der Waals surface area contributed by atoms with Gasteiger partial charge < -0.3 is 14.2 Å². The second-order valence-corrected chi connectivity index (χ2v) is 18.8. The van der Waals surface area contributed by atoms with E-state index < -0.39 is 6.10 Å². The van der Waals surface area contributed by atoms with E-state index in [-0.39, 0.29) is 31.1 Å². The van der Waals surface area contributed by atoms with Gasteiger partial charge in [-0.1, -0.05) is 238 Å². The highest BCUT2D eigenvalue weighted by atomic mass is 16.6. The summed E-state index contributed by atoms with van der Waals surface area (Å²) >= 11 is 0. The van der Waals surface area contributed by atoms with E-state index in [1.54, 1.807) is 0 Å². The van der Waals surface area contributed by atoms with Gasteiger partial charge in [-0.05, 0) is 70.6 Å². The van der Waals surface area contributed by atoms with Gasteiger partial charge in [0.05, 0.1) is 0 Å². The molecule has 0 spiro atoms. The van der Waals surface area contributed by atoms with Gasteiger partial charge in [0.15, 0.2) is 6.10 Å². The Balaban J connectivity index is 4.33. The molecule has 0 unspecified atom stereocenters. The minimum Gasteiger partial charge on any atom is -0.462 e. The van der Waals surface area contributed by atoms with Crippen molar-refractivity contribution in [1.29, 1.82) is 0 Å². The third-order valence-electron chi connectivity index (χ3n) is 12.4. The molecule has 370 valence electrons. The van der Waals surface area contributed by atoms with Crippen LogP contribution in [0.15, 0.2) is 24.3 Å². The average Bonchev–Trinajstić information content (AvgIpc) is 3.28. The quantitative estimate of drug-likeness (QED) is 0.0262. The number of carbonyl (C=O) groups is 3.